The smallest absolute Gasteiger partial charge is 0.293 e. The largest absolute Gasteiger partial charge is 0.373 e. The Bertz CT molecular complexity index is 602. The van der Waals surface area contributed by atoms with Gasteiger partial charge in [0, 0.05) is 10.5 Å². The SMILES string of the molecule is CCC(Nc1ccc(Br)cc1[N+](=O)[O-])c1ccccc1. The highest BCUT2D eigenvalue weighted by Crippen LogP contribution is 2.31. The van der Waals surface area contributed by atoms with Gasteiger partial charge in [-0.3, -0.25) is 10.1 Å². The average Bonchev–Trinajstić information content (AvgIpc) is 2.46. The van der Waals surface area contributed by atoms with Gasteiger partial charge in [0.1, 0.15) is 5.69 Å². The fourth-order valence-electron chi connectivity index (χ4n) is 2.07. The van der Waals surface area contributed by atoms with Crippen molar-refractivity contribution in [1.82, 2.24) is 0 Å². The van der Waals surface area contributed by atoms with Gasteiger partial charge in [-0.1, -0.05) is 53.2 Å². The number of nitro benzene ring substituents is 1. The van der Waals surface area contributed by atoms with Crippen LogP contribution >= 0.6 is 15.9 Å². The highest BCUT2D eigenvalue weighted by atomic mass is 79.9. The summed E-state index contributed by atoms with van der Waals surface area (Å²) in [6, 6.07) is 15.0. The van der Waals surface area contributed by atoms with Gasteiger partial charge in [0.15, 0.2) is 0 Å². The molecular weight excluding hydrogens is 320 g/mol. The topological polar surface area (TPSA) is 55.2 Å². The fraction of sp³-hybridized carbons (Fsp3) is 0.200. The first-order chi connectivity index (χ1) is 9.61. The normalized spacial score (nSPS) is 11.9. The summed E-state index contributed by atoms with van der Waals surface area (Å²) in [6.45, 7) is 2.05. The van der Waals surface area contributed by atoms with Crippen LogP contribution in [0.15, 0.2) is 53.0 Å². The van der Waals surface area contributed by atoms with Gasteiger partial charge < -0.3 is 5.32 Å². The minimum atomic E-state index is -0.370. The van der Waals surface area contributed by atoms with E-state index in [2.05, 4.69) is 28.2 Å². The van der Waals surface area contributed by atoms with Crippen LogP contribution in [0.25, 0.3) is 0 Å². The van der Waals surface area contributed by atoms with Crippen molar-refractivity contribution < 1.29 is 4.92 Å². The molecule has 2 aromatic rings. The van der Waals surface area contributed by atoms with Crippen LogP contribution in [0.1, 0.15) is 24.9 Å². The molecule has 0 aliphatic heterocycles. The minimum Gasteiger partial charge on any atom is -0.373 e. The summed E-state index contributed by atoms with van der Waals surface area (Å²) in [5, 5.41) is 14.4. The molecule has 0 aromatic heterocycles. The molecule has 1 N–H and O–H groups in total. The van der Waals surface area contributed by atoms with E-state index in [1.807, 2.05) is 30.3 Å². The van der Waals surface area contributed by atoms with Gasteiger partial charge in [0.2, 0.25) is 0 Å². The van der Waals surface area contributed by atoms with Crippen molar-refractivity contribution in [3.8, 4) is 0 Å². The van der Waals surface area contributed by atoms with Crippen molar-refractivity contribution in [2.75, 3.05) is 5.32 Å². The molecule has 0 saturated heterocycles. The second-order valence-electron chi connectivity index (χ2n) is 4.43. The number of anilines is 1. The molecular formula is C15H15BrN2O2. The fourth-order valence-corrected chi connectivity index (χ4v) is 2.42. The molecule has 4 nitrogen and oxygen atoms in total. The van der Waals surface area contributed by atoms with Gasteiger partial charge in [0.25, 0.3) is 5.69 Å². The Hall–Kier alpha value is -1.88. The molecule has 0 aliphatic carbocycles. The summed E-state index contributed by atoms with van der Waals surface area (Å²) < 4.78 is 0.697. The third kappa shape index (κ3) is 3.36. The standard InChI is InChI=1S/C15H15BrN2O2/c1-2-13(11-6-4-3-5-7-11)17-14-9-8-12(16)10-15(14)18(19)20/h3-10,13,17H,2H2,1H3. The lowest BCUT2D eigenvalue weighted by molar-refractivity contribution is -0.384. The van der Waals surface area contributed by atoms with Crippen LogP contribution < -0.4 is 5.32 Å². The van der Waals surface area contributed by atoms with E-state index in [1.165, 1.54) is 6.07 Å². The Morgan fingerprint density at radius 2 is 1.95 bits per heavy atom. The number of benzene rings is 2. The van der Waals surface area contributed by atoms with Crippen molar-refractivity contribution in [2.45, 2.75) is 19.4 Å². The van der Waals surface area contributed by atoms with E-state index in [0.717, 1.165) is 12.0 Å². The molecule has 2 aromatic carbocycles. The van der Waals surface area contributed by atoms with Gasteiger partial charge in [0.05, 0.1) is 11.0 Å². The number of nitrogens with zero attached hydrogens (tertiary/aromatic N) is 1. The number of hydrogen-bond acceptors (Lipinski definition) is 3. The van der Waals surface area contributed by atoms with Crippen molar-refractivity contribution in [3.05, 3.63) is 68.7 Å². The Morgan fingerprint density at radius 3 is 2.55 bits per heavy atom. The first-order valence-corrected chi connectivity index (χ1v) is 7.16. The summed E-state index contributed by atoms with van der Waals surface area (Å²) in [7, 11) is 0. The highest BCUT2D eigenvalue weighted by molar-refractivity contribution is 9.10. The van der Waals surface area contributed by atoms with Gasteiger partial charge in [-0.05, 0) is 24.1 Å². The Kier molecular flexibility index (Phi) is 4.74. The maximum Gasteiger partial charge on any atom is 0.293 e. The number of rotatable bonds is 5. The summed E-state index contributed by atoms with van der Waals surface area (Å²) >= 11 is 3.26. The highest BCUT2D eigenvalue weighted by Gasteiger charge is 2.17. The van der Waals surface area contributed by atoms with E-state index < -0.39 is 0 Å². The summed E-state index contributed by atoms with van der Waals surface area (Å²) in [6.07, 6.45) is 0.844. The number of hydrogen-bond donors (Lipinski definition) is 1. The van der Waals surface area contributed by atoms with E-state index in [9.17, 15) is 10.1 Å². The summed E-state index contributed by atoms with van der Waals surface area (Å²) in [5.74, 6) is 0. The second-order valence-corrected chi connectivity index (χ2v) is 5.35. The van der Waals surface area contributed by atoms with Gasteiger partial charge in [-0.2, -0.15) is 0 Å². The lowest BCUT2D eigenvalue weighted by Crippen LogP contribution is -2.10. The number of nitro groups is 1. The first-order valence-electron chi connectivity index (χ1n) is 6.37. The van der Waals surface area contributed by atoms with Crippen molar-refractivity contribution in [3.63, 3.8) is 0 Å². The molecule has 0 amide bonds. The zero-order chi connectivity index (χ0) is 14.5. The Labute approximate surface area is 126 Å². The van der Waals surface area contributed by atoms with Crippen LogP contribution in [0.3, 0.4) is 0 Å². The van der Waals surface area contributed by atoms with Crippen LogP contribution in [-0.4, -0.2) is 4.92 Å². The first kappa shape index (κ1) is 14.5. The molecule has 0 fully saturated rings. The molecule has 20 heavy (non-hydrogen) atoms. The average molecular weight is 335 g/mol. The number of halogens is 1. The van der Waals surface area contributed by atoms with Gasteiger partial charge in [-0.25, -0.2) is 0 Å². The molecule has 0 radical (unpaired) electrons. The van der Waals surface area contributed by atoms with Crippen molar-refractivity contribution >= 4 is 27.3 Å². The molecule has 5 heteroatoms. The predicted octanol–water partition coefficient (Wildman–Crippen LogP) is 4.92. The maximum atomic E-state index is 11.1. The van der Waals surface area contributed by atoms with Gasteiger partial charge >= 0.3 is 0 Å². The van der Waals surface area contributed by atoms with Gasteiger partial charge in [-0.15, -0.1) is 0 Å². The molecule has 1 unspecified atom stereocenters. The number of nitrogens with one attached hydrogen (secondary N) is 1. The van der Waals surface area contributed by atoms with E-state index in [1.54, 1.807) is 12.1 Å². The van der Waals surface area contributed by atoms with E-state index in [4.69, 9.17) is 0 Å². The molecule has 0 bridgehead atoms. The van der Waals surface area contributed by atoms with E-state index in [-0.39, 0.29) is 16.7 Å². The molecule has 0 heterocycles. The van der Waals surface area contributed by atoms with Crippen LogP contribution in [-0.2, 0) is 0 Å². The third-order valence-corrected chi connectivity index (χ3v) is 3.59. The third-order valence-electron chi connectivity index (χ3n) is 3.10. The Balaban J connectivity index is 2.31. The molecule has 0 saturated carbocycles. The van der Waals surface area contributed by atoms with Crippen LogP contribution in [0.5, 0.6) is 0 Å². The van der Waals surface area contributed by atoms with Crippen LogP contribution in [0.2, 0.25) is 0 Å². The van der Waals surface area contributed by atoms with Crippen molar-refractivity contribution in [1.29, 1.82) is 0 Å². The minimum absolute atomic E-state index is 0.0519. The van der Waals surface area contributed by atoms with E-state index in [0.29, 0.717) is 10.2 Å². The Morgan fingerprint density at radius 1 is 1.25 bits per heavy atom. The lowest BCUT2D eigenvalue weighted by atomic mass is 10.0. The maximum absolute atomic E-state index is 11.1. The van der Waals surface area contributed by atoms with Crippen molar-refractivity contribution in [2.24, 2.45) is 0 Å². The molecule has 1 atom stereocenters. The zero-order valence-electron chi connectivity index (χ0n) is 11.0. The predicted molar refractivity (Wildman–Crippen MR) is 83.9 cm³/mol. The van der Waals surface area contributed by atoms with E-state index >= 15 is 0 Å². The molecule has 0 aliphatic rings. The van der Waals surface area contributed by atoms with Crippen LogP contribution in [0.4, 0.5) is 11.4 Å². The molecule has 104 valence electrons. The molecule has 0 spiro atoms. The lowest BCUT2D eigenvalue weighted by Gasteiger charge is -2.18. The molecule has 2 rings (SSSR count). The second kappa shape index (κ2) is 6.52. The van der Waals surface area contributed by atoms with Crippen LogP contribution in [0, 0.1) is 10.1 Å². The summed E-state index contributed by atoms with van der Waals surface area (Å²) in [4.78, 5) is 10.8. The zero-order valence-corrected chi connectivity index (χ0v) is 12.6. The quantitative estimate of drug-likeness (QED) is 0.623. The summed E-state index contributed by atoms with van der Waals surface area (Å²) in [5.41, 5.74) is 1.73. The monoisotopic (exact) mass is 334 g/mol.